The standard InChI is InChI=1S/C25H25N5OS/c1-32-22-16-19(10-11-20(22)26-17-31)30-24(18-8-4-2-5-9-18)27-21-12-13-23(28-25(21)30)29-14-6-3-7-15-29/h2,4-5,8-13,16-17H,3,6-7,14-15H2,1H3,(H,26,31). The number of nitrogens with one attached hydrogen (secondary N) is 1. The highest BCUT2D eigenvalue weighted by Crippen LogP contribution is 2.33. The molecule has 1 saturated heterocycles. The first kappa shape index (κ1) is 20.6. The molecule has 0 spiro atoms. The molecule has 6 nitrogen and oxygen atoms in total. The lowest BCUT2D eigenvalue weighted by atomic mass is 10.1. The third kappa shape index (κ3) is 3.84. The van der Waals surface area contributed by atoms with Crippen LogP contribution in [-0.2, 0) is 4.79 Å². The third-order valence-electron chi connectivity index (χ3n) is 5.86. The van der Waals surface area contributed by atoms with Gasteiger partial charge in [0.1, 0.15) is 17.2 Å². The average Bonchev–Trinajstić information content (AvgIpc) is 3.24. The molecule has 7 heteroatoms. The van der Waals surface area contributed by atoms with Gasteiger partial charge in [0.25, 0.3) is 0 Å². The van der Waals surface area contributed by atoms with Crippen LogP contribution in [0.15, 0.2) is 65.6 Å². The van der Waals surface area contributed by atoms with E-state index in [4.69, 9.17) is 9.97 Å². The van der Waals surface area contributed by atoms with Gasteiger partial charge in [-0.15, -0.1) is 11.8 Å². The van der Waals surface area contributed by atoms with Gasteiger partial charge in [-0.3, -0.25) is 9.36 Å². The number of fused-ring (bicyclic) bond motifs is 1. The predicted molar refractivity (Wildman–Crippen MR) is 132 cm³/mol. The molecule has 0 saturated carbocycles. The molecular formula is C25H25N5OS. The maximum Gasteiger partial charge on any atom is 0.211 e. The fraction of sp³-hybridized carbons (Fsp3) is 0.240. The van der Waals surface area contributed by atoms with Crippen molar-refractivity contribution in [2.24, 2.45) is 0 Å². The molecule has 0 radical (unpaired) electrons. The maximum absolute atomic E-state index is 11.0. The lowest BCUT2D eigenvalue weighted by Crippen LogP contribution is -2.30. The molecule has 1 amide bonds. The number of benzene rings is 2. The van der Waals surface area contributed by atoms with Crippen LogP contribution in [0.25, 0.3) is 28.2 Å². The van der Waals surface area contributed by atoms with Gasteiger partial charge in [-0.1, -0.05) is 30.3 Å². The van der Waals surface area contributed by atoms with Crippen molar-refractivity contribution in [2.45, 2.75) is 24.2 Å². The van der Waals surface area contributed by atoms with E-state index >= 15 is 0 Å². The Bertz CT molecular complexity index is 1250. The second-order valence-corrected chi connectivity index (χ2v) is 8.69. The Morgan fingerprint density at radius 3 is 2.53 bits per heavy atom. The van der Waals surface area contributed by atoms with Gasteiger partial charge < -0.3 is 10.2 Å². The van der Waals surface area contributed by atoms with Crippen molar-refractivity contribution < 1.29 is 4.79 Å². The van der Waals surface area contributed by atoms with Crippen molar-refractivity contribution >= 4 is 40.8 Å². The number of imidazole rings is 1. The van der Waals surface area contributed by atoms with Crippen LogP contribution in [0.5, 0.6) is 0 Å². The van der Waals surface area contributed by atoms with Gasteiger partial charge in [-0.2, -0.15) is 0 Å². The van der Waals surface area contributed by atoms with E-state index in [2.05, 4.69) is 45.1 Å². The monoisotopic (exact) mass is 443 g/mol. The summed E-state index contributed by atoms with van der Waals surface area (Å²) in [6.45, 7) is 2.09. The smallest absolute Gasteiger partial charge is 0.211 e. The summed E-state index contributed by atoms with van der Waals surface area (Å²) >= 11 is 1.60. The quantitative estimate of drug-likeness (QED) is 0.321. The Labute approximate surface area is 191 Å². The number of carbonyl (C=O) groups excluding carboxylic acids is 1. The van der Waals surface area contributed by atoms with E-state index in [0.29, 0.717) is 6.41 Å². The van der Waals surface area contributed by atoms with Crippen molar-refractivity contribution in [3.05, 3.63) is 60.7 Å². The number of hydrogen-bond acceptors (Lipinski definition) is 5. The summed E-state index contributed by atoms with van der Waals surface area (Å²) in [5.74, 6) is 1.86. The fourth-order valence-corrected chi connectivity index (χ4v) is 4.86. The van der Waals surface area contributed by atoms with E-state index in [0.717, 1.165) is 57.7 Å². The minimum Gasteiger partial charge on any atom is -0.357 e. The molecule has 1 fully saturated rings. The molecule has 3 heterocycles. The molecule has 1 aliphatic rings. The number of thioether (sulfide) groups is 1. The Balaban J connectivity index is 1.71. The predicted octanol–water partition coefficient (Wildman–Crippen LogP) is 5.37. The van der Waals surface area contributed by atoms with Crippen molar-refractivity contribution in [1.82, 2.24) is 14.5 Å². The van der Waals surface area contributed by atoms with E-state index in [1.165, 1.54) is 19.3 Å². The van der Waals surface area contributed by atoms with Crippen LogP contribution < -0.4 is 10.2 Å². The van der Waals surface area contributed by atoms with Crippen molar-refractivity contribution in [1.29, 1.82) is 0 Å². The normalized spacial score (nSPS) is 14.0. The maximum atomic E-state index is 11.0. The molecule has 0 aliphatic carbocycles. The number of anilines is 2. The second-order valence-electron chi connectivity index (χ2n) is 7.84. The first-order valence-electron chi connectivity index (χ1n) is 10.9. The van der Waals surface area contributed by atoms with Crippen molar-refractivity contribution in [2.75, 3.05) is 29.6 Å². The average molecular weight is 444 g/mol. The molecule has 5 rings (SSSR count). The highest BCUT2D eigenvalue weighted by atomic mass is 32.2. The number of piperidine rings is 1. The van der Waals surface area contributed by atoms with Gasteiger partial charge in [0, 0.05) is 23.5 Å². The Morgan fingerprint density at radius 2 is 1.78 bits per heavy atom. The van der Waals surface area contributed by atoms with Crippen molar-refractivity contribution in [3.8, 4) is 17.1 Å². The third-order valence-corrected chi connectivity index (χ3v) is 6.64. The topological polar surface area (TPSA) is 63.1 Å². The van der Waals surface area contributed by atoms with Crippen LogP contribution in [0.4, 0.5) is 11.5 Å². The molecule has 0 bridgehead atoms. The molecule has 1 N–H and O–H groups in total. The lowest BCUT2D eigenvalue weighted by molar-refractivity contribution is -0.105. The summed E-state index contributed by atoms with van der Waals surface area (Å²) in [5.41, 5.74) is 4.51. The number of aromatic nitrogens is 3. The van der Waals surface area contributed by atoms with Crippen LogP contribution in [0.1, 0.15) is 19.3 Å². The number of carbonyl (C=O) groups is 1. The zero-order valence-electron chi connectivity index (χ0n) is 18.0. The number of hydrogen-bond donors (Lipinski definition) is 1. The lowest BCUT2D eigenvalue weighted by Gasteiger charge is -2.27. The van der Waals surface area contributed by atoms with E-state index in [1.54, 1.807) is 11.8 Å². The summed E-state index contributed by atoms with van der Waals surface area (Å²) < 4.78 is 2.13. The molecule has 4 aromatic rings. The fourth-order valence-electron chi connectivity index (χ4n) is 4.27. The highest BCUT2D eigenvalue weighted by molar-refractivity contribution is 7.98. The SMILES string of the molecule is CSc1cc(-n2c(-c3ccccc3)nc3ccc(N4CCCCC4)nc32)ccc1NC=O. The molecule has 2 aromatic carbocycles. The molecule has 2 aromatic heterocycles. The number of rotatable bonds is 6. The first-order chi connectivity index (χ1) is 15.8. The molecule has 0 atom stereocenters. The Kier molecular flexibility index (Phi) is 5.81. The van der Waals surface area contributed by atoms with Crippen LogP contribution in [-0.4, -0.2) is 40.3 Å². The largest absolute Gasteiger partial charge is 0.357 e. The molecule has 0 unspecified atom stereocenters. The van der Waals surface area contributed by atoms with Crippen LogP contribution in [0, 0.1) is 0 Å². The molecular weight excluding hydrogens is 418 g/mol. The molecule has 1 aliphatic heterocycles. The molecule has 32 heavy (non-hydrogen) atoms. The Morgan fingerprint density at radius 1 is 0.969 bits per heavy atom. The van der Waals surface area contributed by atoms with Gasteiger partial charge in [0.05, 0.1) is 11.4 Å². The number of nitrogens with zero attached hydrogens (tertiary/aromatic N) is 4. The van der Waals surface area contributed by atoms with E-state index < -0.39 is 0 Å². The van der Waals surface area contributed by atoms with Crippen molar-refractivity contribution in [3.63, 3.8) is 0 Å². The van der Waals surface area contributed by atoms with Gasteiger partial charge in [0.15, 0.2) is 5.65 Å². The van der Waals surface area contributed by atoms with E-state index in [-0.39, 0.29) is 0 Å². The van der Waals surface area contributed by atoms with Crippen LogP contribution in [0.3, 0.4) is 0 Å². The summed E-state index contributed by atoms with van der Waals surface area (Å²) in [7, 11) is 0. The zero-order chi connectivity index (χ0) is 21.9. The van der Waals surface area contributed by atoms with Gasteiger partial charge >= 0.3 is 0 Å². The Hall–Kier alpha value is -3.32. The summed E-state index contributed by atoms with van der Waals surface area (Å²) in [5, 5.41) is 2.79. The van der Waals surface area contributed by atoms with Crippen LogP contribution >= 0.6 is 11.8 Å². The van der Waals surface area contributed by atoms with Gasteiger partial charge in [0.2, 0.25) is 6.41 Å². The minimum atomic E-state index is 0.711. The number of pyridine rings is 1. The minimum absolute atomic E-state index is 0.711. The van der Waals surface area contributed by atoms with E-state index in [9.17, 15) is 4.79 Å². The zero-order valence-corrected chi connectivity index (χ0v) is 18.8. The molecule has 162 valence electrons. The summed E-state index contributed by atoms with van der Waals surface area (Å²) in [6, 6.07) is 20.4. The summed E-state index contributed by atoms with van der Waals surface area (Å²) in [4.78, 5) is 24.4. The summed E-state index contributed by atoms with van der Waals surface area (Å²) in [6.07, 6.45) is 6.41. The van der Waals surface area contributed by atoms with Gasteiger partial charge in [-0.05, 0) is 55.9 Å². The van der Waals surface area contributed by atoms with Crippen LogP contribution in [0.2, 0.25) is 0 Å². The number of amides is 1. The first-order valence-corrected chi connectivity index (χ1v) is 12.1. The second kappa shape index (κ2) is 9.04. The highest BCUT2D eigenvalue weighted by Gasteiger charge is 2.19. The van der Waals surface area contributed by atoms with Gasteiger partial charge in [-0.25, -0.2) is 9.97 Å². The van der Waals surface area contributed by atoms with E-state index in [1.807, 2.05) is 36.6 Å².